The van der Waals surface area contributed by atoms with Crippen molar-refractivity contribution in [3.63, 3.8) is 0 Å². The summed E-state index contributed by atoms with van der Waals surface area (Å²) in [6, 6.07) is 0. The Morgan fingerprint density at radius 1 is 1.44 bits per heavy atom. The molecule has 4 nitrogen and oxygen atoms in total. The Morgan fingerprint density at radius 2 is 2.11 bits per heavy atom. The molecule has 0 aromatic carbocycles. The Bertz CT molecular complexity index is 388. The van der Waals surface area contributed by atoms with E-state index in [1.165, 1.54) is 0 Å². The summed E-state index contributed by atoms with van der Waals surface area (Å²) in [6.07, 6.45) is 4.59. The fourth-order valence-electron chi connectivity index (χ4n) is 1.74. The normalized spacial score (nSPS) is 11.9. The molecule has 0 saturated carbocycles. The highest BCUT2D eigenvalue weighted by molar-refractivity contribution is 5.75. The molecule has 0 aliphatic rings. The molecule has 1 amide bonds. The molecule has 4 heteroatoms. The fourth-order valence-corrected chi connectivity index (χ4v) is 1.74. The molecule has 1 heterocycles. The van der Waals surface area contributed by atoms with E-state index in [4.69, 9.17) is 0 Å². The summed E-state index contributed by atoms with van der Waals surface area (Å²) in [6.45, 7) is 11.8. The van der Waals surface area contributed by atoms with Crippen molar-refractivity contribution < 1.29 is 4.79 Å². The van der Waals surface area contributed by atoms with Crippen LogP contribution in [0.3, 0.4) is 0 Å². The van der Waals surface area contributed by atoms with Crippen LogP contribution in [-0.2, 0) is 11.3 Å². The summed E-state index contributed by atoms with van der Waals surface area (Å²) in [4.78, 5) is 16.1. The van der Waals surface area contributed by atoms with Crippen LogP contribution in [0.4, 0.5) is 0 Å². The third-order valence-electron chi connectivity index (χ3n) is 2.78. The van der Waals surface area contributed by atoms with Crippen LogP contribution in [0.1, 0.15) is 52.8 Å². The number of carbonyl (C=O) groups excluding carboxylic acids is 1. The molecule has 0 saturated heterocycles. The molecule has 1 aromatic heterocycles. The van der Waals surface area contributed by atoms with Crippen LogP contribution in [0.15, 0.2) is 12.4 Å². The highest BCUT2D eigenvalue weighted by atomic mass is 16.1. The van der Waals surface area contributed by atoms with Gasteiger partial charge in [0.1, 0.15) is 12.4 Å². The summed E-state index contributed by atoms with van der Waals surface area (Å²) >= 11 is 0. The number of hydrogen-bond donors (Lipinski definition) is 1. The first-order valence-electron chi connectivity index (χ1n) is 6.57. The van der Waals surface area contributed by atoms with Gasteiger partial charge in [0.2, 0.25) is 5.91 Å². The first-order chi connectivity index (χ1) is 8.29. The van der Waals surface area contributed by atoms with Crippen molar-refractivity contribution >= 4 is 5.91 Å². The highest BCUT2D eigenvalue weighted by Crippen LogP contribution is 2.17. The minimum Gasteiger partial charge on any atom is -0.355 e. The minimum atomic E-state index is 0.0548. The summed E-state index contributed by atoms with van der Waals surface area (Å²) in [5, 5.41) is 2.96. The van der Waals surface area contributed by atoms with E-state index in [0.717, 1.165) is 18.8 Å². The van der Waals surface area contributed by atoms with E-state index in [1.807, 2.05) is 10.8 Å². The molecule has 0 radical (unpaired) electrons. The van der Waals surface area contributed by atoms with Crippen LogP contribution in [0.5, 0.6) is 0 Å². The Labute approximate surface area is 110 Å². The predicted molar refractivity (Wildman–Crippen MR) is 73.4 cm³/mol. The van der Waals surface area contributed by atoms with Gasteiger partial charge in [0, 0.05) is 24.9 Å². The molecule has 0 aliphatic carbocycles. The van der Waals surface area contributed by atoms with Crippen molar-refractivity contribution in [2.45, 2.75) is 53.5 Å². The topological polar surface area (TPSA) is 46.9 Å². The van der Waals surface area contributed by atoms with E-state index in [0.29, 0.717) is 12.5 Å². The van der Waals surface area contributed by atoms with E-state index in [9.17, 15) is 4.79 Å². The Morgan fingerprint density at radius 3 is 2.67 bits per heavy atom. The smallest absolute Gasteiger partial charge is 0.239 e. The summed E-state index contributed by atoms with van der Waals surface area (Å²) < 4.78 is 1.91. The standard InChI is InChI=1S/C14H25N3O/c1-11(2)13-16-8-9-17(13)10-12(18)15-7-6-14(3,4)5/h8-9,11H,6-7,10H2,1-5H3,(H,15,18). The zero-order valence-electron chi connectivity index (χ0n) is 12.2. The third kappa shape index (κ3) is 4.90. The van der Waals surface area contributed by atoms with Gasteiger partial charge in [-0.1, -0.05) is 34.6 Å². The lowest BCUT2D eigenvalue weighted by molar-refractivity contribution is -0.121. The van der Waals surface area contributed by atoms with Crippen LogP contribution in [0.2, 0.25) is 0 Å². The van der Waals surface area contributed by atoms with Crippen molar-refractivity contribution in [1.29, 1.82) is 0 Å². The molecule has 0 atom stereocenters. The molecular weight excluding hydrogens is 226 g/mol. The van der Waals surface area contributed by atoms with E-state index in [2.05, 4.69) is 44.9 Å². The van der Waals surface area contributed by atoms with Gasteiger partial charge >= 0.3 is 0 Å². The van der Waals surface area contributed by atoms with Gasteiger partial charge in [-0.15, -0.1) is 0 Å². The van der Waals surface area contributed by atoms with Crippen molar-refractivity contribution in [1.82, 2.24) is 14.9 Å². The Hall–Kier alpha value is -1.32. The number of amides is 1. The van der Waals surface area contributed by atoms with E-state index in [1.54, 1.807) is 6.20 Å². The van der Waals surface area contributed by atoms with Crippen LogP contribution in [-0.4, -0.2) is 22.0 Å². The molecule has 0 aliphatic heterocycles. The first-order valence-corrected chi connectivity index (χ1v) is 6.57. The van der Waals surface area contributed by atoms with Crippen molar-refractivity contribution in [3.8, 4) is 0 Å². The summed E-state index contributed by atoms with van der Waals surface area (Å²) in [5.74, 6) is 1.35. The number of nitrogens with one attached hydrogen (secondary N) is 1. The fraction of sp³-hybridized carbons (Fsp3) is 0.714. The predicted octanol–water partition coefficient (Wildman–Crippen LogP) is 2.56. The van der Waals surface area contributed by atoms with E-state index in [-0.39, 0.29) is 11.3 Å². The molecule has 102 valence electrons. The van der Waals surface area contributed by atoms with Gasteiger partial charge in [-0.25, -0.2) is 4.98 Å². The van der Waals surface area contributed by atoms with E-state index >= 15 is 0 Å². The molecular formula is C14H25N3O. The summed E-state index contributed by atoms with van der Waals surface area (Å²) in [7, 11) is 0. The molecule has 0 unspecified atom stereocenters. The average molecular weight is 251 g/mol. The van der Waals surface area contributed by atoms with Gasteiger partial charge in [0.25, 0.3) is 0 Å². The van der Waals surface area contributed by atoms with Crippen LogP contribution >= 0.6 is 0 Å². The van der Waals surface area contributed by atoms with Crippen LogP contribution < -0.4 is 5.32 Å². The molecule has 0 spiro atoms. The second-order valence-corrected chi connectivity index (χ2v) is 6.23. The second-order valence-electron chi connectivity index (χ2n) is 6.23. The SMILES string of the molecule is CC(C)c1nccn1CC(=O)NCCC(C)(C)C. The molecule has 1 rings (SSSR count). The second kappa shape index (κ2) is 6.03. The maximum Gasteiger partial charge on any atom is 0.239 e. The molecule has 1 N–H and O–H groups in total. The van der Waals surface area contributed by atoms with Gasteiger partial charge in [0.15, 0.2) is 0 Å². The van der Waals surface area contributed by atoms with Gasteiger partial charge < -0.3 is 9.88 Å². The summed E-state index contributed by atoms with van der Waals surface area (Å²) in [5.41, 5.74) is 0.255. The highest BCUT2D eigenvalue weighted by Gasteiger charge is 2.12. The molecule has 0 fully saturated rings. The number of rotatable bonds is 5. The van der Waals surface area contributed by atoms with Gasteiger partial charge in [-0.05, 0) is 11.8 Å². The lowest BCUT2D eigenvalue weighted by atomic mass is 9.92. The average Bonchev–Trinajstić information content (AvgIpc) is 2.63. The molecule has 18 heavy (non-hydrogen) atoms. The zero-order valence-corrected chi connectivity index (χ0v) is 12.2. The zero-order chi connectivity index (χ0) is 13.8. The first kappa shape index (κ1) is 14.7. The Kier molecular flexibility index (Phi) is 4.93. The lowest BCUT2D eigenvalue weighted by Gasteiger charge is -2.18. The van der Waals surface area contributed by atoms with Crippen LogP contribution in [0, 0.1) is 5.41 Å². The third-order valence-corrected chi connectivity index (χ3v) is 2.78. The Balaban J connectivity index is 2.43. The number of aromatic nitrogens is 2. The quantitative estimate of drug-likeness (QED) is 0.874. The minimum absolute atomic E-state index is 0.0548. The van der Waals surface area contributed by atoms with Gasteiger partial charge in [-0.2, -0.15) is 0 Å². The number of imidazole rings is 1. The van der Waals surface area contributed by atoms with Gasteiger partial charge in [0.05, 0.1) is 0 Å². The van der Waals surface area contributed by atoms with Crippen molar-refractivity contribution in [2.75, 3.05) is 6.54 Å². The molecule has 0 bridgehead atoms. The largest absolute Gasteiger partial charge is 0.355 e. The number of nitrogens with zero attached hydrogens (tertiary/aromatic N) is 2. The van der Waals surface area contributed by atoms with Gasteiger partial charge in [-0.3, -0.25) is 4.79 Å². The maximum atomic E-state index is 11.8. The molecule has 1 aromatic rings. The van der Waals surface area contributed by atoms with Crippen molar-refractivity contribution in [3.05, 3.63) is 18.2 Å². The van der Waals surface area contributed by atoms with Crippen molar-refractivity contribution in [2.24, 2.45) is 5.41 Å². The number of carbonyl (C=O) groups is 1. The lowest BCUT2D eigenvalue weighted by Crippen LogP contribution is -2.30. The van der Waals surface area contributed by atoms with Crippen LogP contribution in [0.25, 0.3) is 0 Å². The monoisotopic (exact) mass is 251 g/mol. The van der Waals surface area contributed by atoms with E-state index < -0.39 is 0 Å². The maximum absolute atomic E-state index is 11.8. The number of hydrogen-bond acceptors (Lipinski definition) is 2.